The van der Waals surface area contributed by atoms with E-state index in [4.69, 9.17) is 9.47 Å². The topological polar surface area (TPSA) is 38.7 Å². The van der Waals surface area contributed by atoms with Crippen molar-refractivity contribution in [2.75, 3.05) is 14.2 Å². The van der Waals surface area contributed by atoms with E-state index in [2.05, 4.69) is 31.9 Å². The molecule has 1 atom stereocenters. The largest absolute Gasteiger partial charge is 0.493 e. The van der Waals surface area contributed by atoms with E-state index in [9.17, 15) is 9.50 Å². The van der Waals surface area contributed by atoms with Gasteiger partial charge < -0.3 is 14.6 Å². The van der Waals surface area contributed by atoms with Crippen molar-refractivity contribution in [1.82, 2.24) is 0 Å². The van der Waals surface area contributed by atoms with Gasteiger partial charge in [-0.2, -0.15) is 0 Å². The van der Waals surface area contributed by atoms with Gasteiger partial charge in [-0.1, -0.05) is 31.9 Å². The van der Waals surface area contributed by atoms with Crippen LogP contribution >= 0.6 is 31.9 Å². The maximum absolute atomic E-state index is 14.2. The second kappa shape index (κ2) is 6.77. The molecule has 0 saturated carbocycles. The van der Waals surface area contributed by atoms with E-state index in [1.54, 1.807) is 12.1 Å². The highest BCUT2D eigenvalue weighted by Gasteiger charge is 2.21. The molecule has 0 fully saturated rings. The summed E-state index contributed by atoms with van der Waals surface area (Å²) >= 11 is 6.69. The molecular weight excluding hydrogens is 407 g/mol. The van der Waals surface area contributed by atoms with Crippen LogP contribution in [-0.4, -0.2) is 19.3 Å². The van der Waals surface area contributed by atoms with Crippen molar-refractivity contribution in [2.45, 2.75) is 6.10 Å². The van der Waals surface area contributed by atoms with Crippen molar-refractivity contribution in [3.63, 3.8) is 0 Å². The summed E-state index contributed by atoms with van der Waals surface area (Å²) in [4.78, 5) is 0. The first kappa shape index (κ1) is 16.3. The zero-order valence-corrected chi connectivity index (χ0v) is 14.5. The average Bonchev–Trinajstić information content (AvgIpc) is 2.48. The van der Waals surface area contributed by atoms with Crippen molar-refractivity contribution in [1.29, 1.82) is 0 Å². The second-order valence-electron chi connectivity index (χ2n) is 4.30. The molecule has 0 aliphatic rings. The highest BCUT2D eigenvalue weighted by atomic mass is 79.9. The molecule has 2 aromatic carbocycles. The van der Waals surface area contributed by atoms with E-state index in [-0.39, 0.29) is 11.3 Å². The van der Waals surface area contributed by atoms with Crippen LogP contribution in [0.15, 0.2) is 39.3 Å². The molecule has 3 nitrogen and oxygen atoms in total. The van der Waals surface area contributed by atoms with E-state index in [1.165, 1.54) is 26.4 Å². The highest BCUT2D eigenvalue weighted by Crippen LogP contribution is 2.37. The van der Waals surface area contributed by atoms with Crippen molar-refractivity contribution in [2.24, 2.45) is 0 Å². The van der Waals surface area contributed by atoms with Crippen LogP contribution in [0, 0.1) is 5.82 Å². The molecule has 2 aromatic rings. The number of aliphatic hydroxyl groups is 1. The molecule has 1 N–H and O–H groups in total. The number of hydrogen-bond donors (Lipinski definition) is 1. The summed E-state index contributed by atoms with van der Waals surface area (Å²) in [5.41, 5.74) is 0.668. The molecule has 0 radical (unpaired) electrons. The lowest BCUT2D eigenvalue weighted by Gasteiger charge is -2.17. The van der Waals surface area contributed by atoms with Crippen molar-refractivity contribution in [3.05, 3.63) is 56.2 Å². The lowest BCUT2D eigenvalue weighted by atomic mass is 10.0. The Hall–Kier alpha value is -1.11. The third-order valence-electron chi connectivity index (χ3n) is 3.05. The summed E-state index contributed by atoms with van der Waals surface area (Å²) in [6.07, 6.45) is -1.13. The zero-order valence-electron chi connectivity index (χ0n) is 11.4. The van der Waals surface area contributed by atoms with Gasteiger partial charge in [-0.3, -0.25) is 0 Å². The molecule has 0 bridgehead atoms. The fraction of sp³-hybridized carbons (Fsp3) is 0.200. The number of methoxy groups -OCH3 is 2. The average molecular weight is 420 g/mol. The fourth-order valence-corrected chi connectivity index (χ4v) is 2.81. The Balaban J connectivity index is 2.52. The van der Waals surface area contributed by atoms with E-state index in [0.29, 0.717) is 15.8 Å². The van der Waals surface area contributed by atoms with Gasteiger partial charge in [-0.25, -0.2) is 4.39 Å². The quantitative estimate of drug-likeness (QED) is 0.795. The van der Waals surface area contributed by atoms with Gasteiger partial charge >= 0.3 is 0 Å². The fourth-order valence-electron chi connectivity index (χ4n) is 1.97. The number of ether oxygens (including phenoxy) is 2. The number of aliphatic hydroxyl groups excluding tert-OH is 1. The first-order chi connectivity index (χ1) is 9.97. The molecule has 0 spiro atoms. The van der Waals surface area contributed by atoms with Crippen molar-refractivity contribution in [3.8, 4) is 11.5 Å². The first-order valence-electron chi connectivity index (χ1n) is 6.02. The van der Waals surface area contributed by atoms with Gasteiger partial charge in [0.25, 0.3) is 0 Å². The predicted octanol–water partition coefficient (Wildman–Crippen LogP) is 4.45. The van der Waals surface area contributed by atoms with E-state index in [0.717, 1.165) is 4.47 Å². The maximum atomic E-state index is 14.2. The molecule has 0 heterocycles. The van der Waals surface area contributed by atoms with Crippen LogP contribution < -0.4 is 9.47 Å². The molecule has 0 saturated heterocycles. The van der Waals surface area contributed by atoms with Gasteiger partial charge in [0.15, 0.2) is 11.5 Å². The van der Waals surface area contributed by atoms with Gasteiger partial charge in [0.1, 0.15) is 11.9 Å². The summed E-state index contributed by atoms with van der Waals surface area (Å²) in [6, 6.07) is 7.97. The van der Waals surface area contributed by atoms with Gasteiger partial charge in [-0.05, 0) is 24.3 Å². The summed E-state index contributed by atoms with van der Waals surface area (Å²) in [5.74, 6) is 0.0744. The number of rotatable bonds is 4. The molecule has 21 heavy (non-hydrogen) atoms. The second-order valence-corrected chi connectivity index (χ2v) is 6.07. The van der Waals surface area contributed by atoms with Gasteiger partial charge in [0.05, 0.1) is 14.2 Å². The number of hydrogen-bond acceptors (Lipinski definition) is 3. The monoisotopic (exact) mass is 418 g/mol. The Bertz CT molecular complexity index is 662. The van der Waals surface area contributed by atoms with Gasteiger partial charge in [0.2, 0.25) is 0 Å². The Kier molecular flexibility index (Phi) is 5.24. The molecule has 1 unspecified atom stereocenters. The molecule has 0 amide bonds. The Labute approximate surface area is 139 Å². The lowest BCUT2D eigenvalue weighted by Crippen LogP contribution is -2.05. The molecule has 2 rings (SSSR count). The summed E-state index contributed by atoms with van der Waals surface area (Å²) in [6.45, 7) is 0. The molecular formula is C15H13Br2FO3. The van der Waals surface area contributed by atoms with E-state index < -0.39 is 11.9 Å². The lowest BCUT2D eigenvalue weighted by molar-refractivity contribution is 0.213. The van der Waals surface area contributed by atoms with Crippen LogP contribution in [0.3, 0.4) is 0 Å². The van der Waals surface area contributed by atoms with Crippen molar-refractivity contribution >= 4 is 31.9 Å². The van der Waals surface area contributed by atoms with Crippen molar-refractivity contribution < 1.29 is 19.0 Å². The molecule has 6 heteroatoms. The first-order valence-corrected chi connectivity index (χ1v) is 7.61. The summed E-state index contributed by atoms with van der Waals surface area (Å²) < 4.78 is 25.9. The van der Waals surface area contributed by atoms with E-state index in [1.807, 2.05) is 6.07 Å². The molecule has 0 aliphatic carbocycles. The molecule has 112 valence electrons. The Morgan fingerprint density at radius 3 is 2.24 bits per heavy atom. The van der Waals surface area contributed by atoms with Crippen LogP contribution in [0.1, 0.15) is 17.2 Å². The van der Waals surface area contributed by atoms with Crippen LogP contribution in [-0.2, 0) is 0 Å². The third kappa shape index (κ3) is 3.39. The SMILES string of the molecule is COc1cc(F)c(C(O)c2cc(Br)ccc2Br)cc1OC. The molecule has 0 aromatic heterocycles. The summed E-state index contributed by atoms with van der Waals surface area (Å²) in [5, 5.41) is 10.5. The Morgan fingerprint density at radius 2 is 1.62 bits per heavy atom. The van der Waals surface area contributed by atoms with E-state index >= 15 is 0 Å². The maximum Gasteiger partial charge on any atom is 0.163 e. The number of benzene rings is 2. The normalized spacial score (nSPS) is 12.1. The van der Waals surface area contributed by atoms with Crippen LogP contribution in [0.5, 0.6) is 11.5 Å². The minimum atomic E-state index is -1.13. The van der Waals surface area contributed by atoms with Gasteiger partial charge in [0, 0.05) is 26.1 Å². The van der Waals surface area contributed by atoms with Crippen LogP contribution in [0.25, 0.3) is 0 Å². The molecule has 0 aliphatic heterocycles. The number of halogens is 3. The Morgan fingerprint density at radius 1 is 1.00 bits per heavy atom. The minimum Gasteiger partial charge on any atom is -0.493 e. The highest BCUT2D eigenvalue weighted by molar-refractivity contribution is 9.11. The zero-order chi connectivity index (χ0) is 15.6. The third-order valence-corrected chi connectivity index (χ3v) is 4.27. The van der Waals surface area contributed by atoms with Crippen LogP contribution in [0.4, 0.5) is 4.39 Å². The smallest absolute Gasteiger partial charge is 0.163 e. The minimum absolute atomic E-state index is 0.117. The van der Waals surface area contributed by atoms with Gasteiger partial charge in [-0.15, -0.1) is 0 Å². The predicted molar refractivity (Wildman–Crippen MR) is 85.4 cm³/mol. The summed E-state index contributed by atoms with van der Waals surface area (Å²) in [7, 11) is 2.89. The van der Waals surface area contributed by atoms with Crippen LogP contribution in [0.2, 0.25) is 0 Å². The standard InChI is InChI=1S/C15H13Br2FO3/c1-20-13-6-10(12(18)7-14(13)21-2)15(19)9-5-8(16)3-4-11(9)17/h3-7,15,19H,1-2H3.